The van der Waals surface area contributed by atoms with Gasteiger partial charge in [-0.25, -0.2) is 4.79 Å². The lowest BCUT2D eigenvalue weighted by Crippen LogP contribution is -2.42. The SMILES string of the molecule is CCCCOC(=O)/C=C/c1cc(C(C)C)ccc1N1CCC(O)(c2ccccc2)CC1. The quantitative estimate of drug-likeness (QED) is 0.340. The third kappa shape index (κ3) is 5.98. The summed E-state index contributed by atoms with van der Waals surface area (Å²) in [7, 11) is 0. The molecule has 1 aliphatic rings. The topological polar surface area (TPSA) is 49.8 Å². The number of piperidine rings is 1. The summed E-state index contributed by atoms with van der Waals surface area (Å²) in [5.41, 5.74) is 3.55. The number of benzene rings is 2. The first kappa shape index (κ1) is 23.1. The van der Waals surface area contributed by atoms with Crippen molar-refractivity contribution >= 4 is 17.7 Å². The number of ether oxygens (including phenoxy) is 1. The van der Waals surface area contributed by atoms with Gasteiger partial charge in [0.1, 0.15) is 0 Å². The summed E-state index contributed by atoms with van der Waals surface area (Å²) >= 11 is 0. The van der Waals surface area contributed by atoms with Crippen LogP contribution in [0.15, 0.2) is 54.6 Å². The third-order valence-electron chi connectivity index (χ3n) is 6.10. The van der Waals surface area contributed by atoms with Crippen LogP contribution in [-0.4, -0.2) is 30.8 Å². The van der Waals surface area contributed by atoms with E-state index in [9.17, 15) is 9.90 Å². The van der Waals surface area contributed by atoms with E-state index in [1.807, 2.05) is 36.4 Å². The Morgan fingerprint density at radius 3 is 2.52 bits per heavy atom. The first-order valence-electron chi connectivity index (χ1n) is 11.4. The molecule has 0 aliphatic carbocycles. The van der Waals surface area contributed by atoms with Gasteiger partial charge in [-0.1, -0.05) is 63.6 Å². The van der Waals surface area contributed by atoms with Crippen molar-refractivity contribution in [1.82, 2.24) is 0 Å². The van der Waals surface area contributed by atoms with Crippen molar-refractivity contribution in [2.75, 3.05) is 24.6 Å². The smallest absolute Gasteiger partial charge is 0.330 e. The lowest BCUT2D eigenvalue weighted by molar-refractivity contribution is -0.137. The fourth-order valence-corrected chi connectivity index (χ4v) is 4.03. The van der Waals surface area contributed by atoms with E-state index >= 15 is 0 Å². The molecule has 4 heteroatoms. The van der Waals surface area contributed by atoms with Crippen LogP contribution in [-0.2, 0) is 15.1 Å². The maximum atomic E-state index is 12.1. The van der Waals surface area contributed by atoms with Crippen LogP contribution in [0.25, 0.3) is 6.08 Å². The summed E-state index contributed by atoms with van der Waals surface area (Å²) in [6.45, 7) is 8.39. The molecule has 0 amide bonds. The Labute approximate surface area is 186 Å². The van der Waals surface area contributed by atoms with Gasteiger partial charge in [-0.3, -0.25) is 0 Å². The second-order valence-electron chi connectivity index (χ2n) is 8.71. The van der Waals surface area contributed by atoms with Crippen LogP contribution < -0.4 is 4.90 Å². The van der Waals surface area contributed by atoms with Crippen molar-refractivity contribution in [2.45, 2.75) is 58.0 Å². The molecular weight excluding hydrogens is 386 g/mol. The maximum Gasteiger partial charge on any atom is 0.330 e. The highest BCUT2D eigenvalue weighted by Gasteiger charge is 2.34. The van der Waals surface area contributed by atoms with E-state index in [0.29, 0.717) is 25.4 Å². The predicted octanol–water partition coefficient (Wildman–Crippen LogP) is 5.65. The Morgan fingerprint density at radius 2 is 1.87 bits per heavy atom. The molecule has 3 rings (SSSR count). The molecule has 1 saturated heterocycles. The highest BCUT2D eigenvalue weighted by Crippen LogP contribution is 2.36. The monoisotopic (exact) mass is 421 g/mol. The fourth-order valence-electron chi connectivity index (χ4n) is 4.03. The van der Waals surface area contributed by atoms with E-state index in [4.69, 9.17) is 4.74 Å². The van der Waals surface area contributed by atoms with Gasteiger partial charge in [-0.15, -0.1) is 0 Å². The lowest BCUT2D eigenvalue weighted by atomic mass is 9.84. The summed E-state index contributed by atoms with van der Waals surface area (Å²) in [5.74, 6) is 0.105. The molecule has 4 nitrogen and oxygen atoms in total. The summed E-state index contributed by atoms with van der Waals surface area (Å²) in [6.07, 6.45) is 6.63. The standard InChI is InChI=1S/C27H35NO3/c1-4-5-19-31-26(29)14-12-23-20-22(21(2)3)11-13-25(23)28-17-15-27(30,16-18-28)24-9-7-6-8-10-24/h6-14,20-21,30H,4-5,15-19H2,1-3H3/b14-12+. The van der Waals surface area contributed by atoms with Crippen LogP contribution >= 0.6 is 0 Å². The Bertz CT molecular complexity index is 881. The van der Waals surface area contributed by atoms with Crippen LogP contribution in [0.2, 0.25) is 0 Å². The molecule has 166 valence electrons. The molecule has 31 heavy (non-hydrogen) atoms. The largest absolute Gasteiger partial charge is 0.463 e. The number of rotatable bonds is 8. The van der Waals surface area contributed by atoms with E-state index in [1.165, 1.54) is 11.6 Å². The zero-order valence-electron chi connectivity index (χ0n) is 19.0. The second-order valence-corrected chi connectivity index (χ2v) is 8.71. The van der Waals surface area contributed by atoms with Crippen molar-refractivity contribution in [1.29, 1.82) is 0 Å². The van der Waals surface area contributed by atoms with E-state index in [2.05, 4.69) is 43.9 Å². The van der Waals surface area contributed by atoms with Crippen molar-refractivity contribution in [3.63, 3.8) is 0 Å². The zero-order chi connectivity index (χ0) is 22.3. The molecule has 1 heterocycles. The van der Waals surface area contributed by atoms with Crippen LogP contribution in [0.4, 0.5) is 5.69 Å². The van der Waals surface area contributed by atoms with Gasteiger partial charge in [-0.2, -0.15) is 0 Å². The van der Waals surface area contributed by atoms with Crippen molar-refractivity contribution in [3.8, 4) is 0 Å². The molecular formula is C27H35NO3. The van der Waals surface area contributed by atoms with Gasteiger partial charge >= 0.3 is 5.97 Å². The number of carbonyl (C=O) groups excluding carboxylic acids is 1. The predicted molar refractivity (Wildman–Crippen MR) is 127 cm³/mol. The molecule has 0 unspecified atom stereocenters. The van der Waals surface area contributed by atoms with Crippen LogP contribution in [0.1, 0.15) is 69.1 Å². The Balaban J connectivity index is 1.77. The average molecular weight is 422 g/mol. The summed E-state index contributed by atoms with van der Waals surface area (Å²) in [5, 5.41) is 11.2. The lowest BCUT2D eigenvalue weighted by Gasteiger charge is -2.40. The average Bonchev–Trinajstić information content (AvgIpc) is 2.79. The van der Waals surface area contributed by atoms with Gasteiger partial charge in [0.2, 0.25) is 0 Å². The summed E-state index contributed by atoms with van der Waals surface area (Å²) < 4.78 is 5.27. The summed E-state index contributed by atoms with van der Waals surface area (Å²) in [6, 6.07) is 16.4. The van der Waals surface area contributed by atoms with Crippen molar-refractivity contribution in [2.24, 2.45) is 0 Å². The number of nitrogens with zero attached hydrogens (tertiary/aromatic N) is 1. The third-order valence-corrected chi connectivity index (χ3v) is 6.10. The normalized spacial score (nSPS) is 16.1. The molecule has 1 aliphatic heterocycles. The van der Waals surface area contributed by atoms with E-state index in [-0.39, 0.29) is 5.97 Å². The maximum absolute atomic E-state index is 12.1. The van der Waals surface area contributed by atoms with Gasteiger partial charge < -0.3 is 14.7 Å². The number of hydrogen-bond acceptors (Lipinski definition) is 4. The number of unbranched alkanes of at least 4 members (excludes halogenated alkanes) is 1. The van der Waals surface area contributed by atoms with Gasteiger partial charge in [0, 0.05) is 24.9 Å². The van der Waals surface area contributed by atoms with Crippen LogP contribution in [0.5, 0.6) is 0 Å². The van der Waals surface area contributed by atoms with E-state index < -0.39 is 5.60 Å². The number of hydrogen-bond donors (Lipinski definition) is 1. The van der Waals surface area contributed by atoms with E-state index in [1.54, 1.807) is 0 Å². The fraction of sp³-hybridized carbons (Fsp3) is 0.444. The number of esters is 1. The van der Waals surface area contributed by atoms with Crippen molar-refractivity contribution < 1.29 is 14.6 Å². The van der Waals surface area contributed by atoms with Crippen LogP contribution in [0.3, 0.4) is 0 Å². The number of aliphatic hydroxyl groups is 1. The Morgan fingerprint density at radius 1 is 1.16 bits per heavy atom. The molecule has 0 saturated carbocycles. The Kier molecular flexibility index (Phi) is 7.91. The van der Waals surface area contributed by atoms with Crippen LogP contribution in [0, 0.1) is 0 Å². The molecule has 0 bridgehead atoms. The first-order valence-corrected chi connectivity index (χ1v) is 11.4. The minimum atomic E-state index is -0.783. The zero-order valence-corrected chi connectivity index (χ0v) is 19.0. The van der Waals surface area contributed by atoms with Gasteiger partial charge in [0.25, 0.3) is 0 Å². The minimum Gasteiger partial charge on any atom is -0.463 e. The highest BCUT2D eigenvalue weighted by molar-refractivity contribution is 5.88. The van der Waals surface area contributed by atoms with Gasteiger partial charge in [0.15, 0.2) is 0 Å². The van der Waals surface area contributed by atoms with Gasteiger partial charge in [0.05, 0.1) is 12.2 Å². The summed E-state index contributed by atoms with van der Waals surface area (Å²) in [4.78, 5) is 14.4. The first-order chi connectivity index (χ1) is 14.9. The molecule has 1 N–H and O–H groups in total. The molecule has 0 aromatic heterocycles. The molecule has 0 atom stereocenters. The molecule has 2 aromatic rings. The van der Waals surface area contributed by atoms with E-state index in [0.717, 1.165) is 42.7 Å². The molecule has 1 fully saturated rings. The molecule has 0 radical (unpaired) electrons. The minimum absolute atomic E-state index is 0.300. The van der Waals surface area contributed by atoms with Gasteiger partial charge in [-0.05, 0) is 60.1 Å². The highest BCUT2D eigenvalue weighted by atomic mass is 16.5. The van der Waals surface area contributed by atoms with Crippen molar-refractivity contribution in [3.05, 3.63) is 71.3 Å². The number of carbonyl (C=O) groups is 1. The molecule has 2 aromatic carbocycles. The second kappa shape index (κ2) is 10.6. The Hall–Kier alpha value is -2.59. The number of anilines is 1. The molecule has 0 spiro atoms.